The summed E-state index contributed by atoms with van der Waals surface area (Å²) in [4.78, 5) is 13.8. The second-order valence-electron chi connectivity index (χ2n) is 7.06. The van der Waals surface area contributed by atoms with E-state index in [0.29, 0.717) is 18.8 Å². The Labute approximate surface area is 144 Å². The van der Waals surface area contributed by atoms with Crippen LogP contribution in [0.3, 0.4) is 0 Å². The predicted molar refractivity (Wildman–Crippen MR) is 94.1 cm³/mol. The van der Waals surface area contributed by atoms with Crippen molar-refractivity contribution >= 4 is 11.9 Å². The Morgan fingerprint density at radius 2 is 2.04 bits per heavy atom. The van der Waals surface area contributed by atoms with Crippen LogP contribution in [0.5, 0.6) is 5.75 Å². The molecule has 0 aliphatic carbocycles. The zero-order valence-corrected chi connectivity index (χ0v) is 15.2. The molecule has 1 amide bonds. The van der Waals surface area contributed by atoms with Crippen molar-refractivity contribution in [2.24, 2.45) is 0 Å². The lowest BCUT2D eigenvalue weighted by molar-refractivity contribution is 0.0275. The smallest absolute Gasteiger partial charge is 0.410 e. The first-order chi connectivity index (χ1) is 11.2. The number of methoxy groups -OCH3 is 1. The van der Waals surface area contributed by atoms with Crippen LogP contribution in [0.2, 0.25) is 0 Å². The van der Waals surface area contributed by atoms with Gasteiger partial charge in [-0.2, -0.15) is 0 Å². The van der Waals surface area contributed by atoms with Crippen molar-refractivity contribution in [1.82, 2.24) is 4.90 Å². The molecule has 1 aliphatic heterocycles. The zero-order chi connectivity index (χ0) is 17.9. The van der Waals surface area contributed by atoms with E-state index in [9.17, 15) is 4.79 Å². The summed E-state index contributed by atoms with van der Waals surface area (Å²) < 4.78 is 16.6. The highest BCUT2D eigenvalue weighted by Gasteiger charge is 2.31. The Morgan fingerprint density at radius 3 is 2.62 bits per heavy atom. The van der Waals surface area contributed by atoms with Crippen molar-refractivity contribution in [2.45, 2.75) is 45.8 Å². The molecule has 0 spiro atoms. The van der Waals surface area contributed by atoms with Crippen molar-refractivity contribution in [2.75, 3.05) is 20.2 Å². The van der Waals surface area contributed by atoms with Crippen molar-refractivity contribution in [1.29, 1.82) is 0 Å². The molecule has 1 aromatic carbocycles. The first-order valence-electron chi connectivity index (χ1n) is 8.18. The van der Waals surface area contributed by atoms with Crippen LogP contribution in [0.15, 0.2) is 24.8 Å². The fourth-order valence-electron chi connectivity index (χ4n) is 2.57. The van der Waals surface area contributed by atoms with Gasteiger partial charge in [-0.1, -0.05) is 6.58 Å². The number of ether oxygens (including phenoxy) is 3. The summed E-state index contributed by atoms with van der Waals surface area (Å²) in [6, 6.07) is 5.83. The summed E-state index contributed by atoms with van der Waals surface area (Å²) in [6.07, 6.45) is 0.496. The Balaban J connectivity index is 1.96. The standard InChI is InChI=1S/C19H27NO4/c1-13-11-15(14(2)22-6)7-8-17(13)23-16-9-10-20(12-16)18(21)24-19(3,4)5/h7-8,11,16H,2,9-10,12H2,1,3-6H3. The van der Waals surface area contributed by atoms with Gasteiger partial charge in [-0.25, -0.2) is 4.79 Å². The molecule has 1 atom stereocenters. The molecule has 1 heterocycles. The molecule has 24 heavy (non-hydrogen) atoms. The predicted octanol–water partition coefficient (Wildman–Crippen LogP) is 4.00. The molecule has 2 rings (SSSR count). The molecule has 5 nitrogen and oxygen atoms in total. The lowest BCUT2D eigenvalue weighted by Crippen LogP contribution is -2.36. The third-order valence-corrected chi connectivity index (χ3v) is 3.83. The second kappa shape index (κ2) is 7.16. The number of nitrogens with zero attached hydrogens (tertiary/aromatic N) is 1. The monoisotopic (exact) mass is 333 g/mol. The van der Waals surface area contributed by atoms with Crippen molar-refractivity contribution in [3.63, 3.8) is 0 Å². The van der Waals surface area contributed by atoms with Gasteiger partial charge in [0.05, 0.1) is 13.7 Å². The molecular weight excluding hydrogens is 306 g/mol. The number of aryl methyl sites for hydroxylation is 1. The van der Waals surface area contributed by atoms with Gasteiger partial charge in [0.15, 0.2) is 0 Å². The zero-order valence-electron chi connectivity index (χ0n) is 15.2. The van der Waals surface area contributed by atoms with Gasteiger partial charge in [-0.15, -0.1) is 0 Å². The lowest BCUT2D eigenvalue weighted by atomic mass is 10.1. The topological polar surface area (TPSA) is 48.0 Å². The summed E-state index contributed by atoms with van der Waals surface area (Å²) in [7, 11) is 1.60. The van der Waals surface area contributed by atoms with E-state index in [1.54, 1.807) is 12.0 Å². The highest BCUT2D eigenvalue weighted by atomic mass is 16.6. The van der Waals surface area contributed by atoms with Crippen LogP contribution in [0, 0.1) is 6.92 Å². The number of likely N-dealkylation sites (tertiary alicyclic amines) is 1. The number of carbonyl (C=O) groups excluding carboxylic acids is 1. The van der Waals surface area contributed by atoms with Crippen LogP contribution in [0.4, 0.5) is 4.79 Å². The van der Waals surface area contributed by atoms with E-state index in [-0.39, 0.29) is 12.2 Å². The van der Waals surface area contributed by atoms with Crippen molar-refractivity contribution in [3.05, 3.63) is 35.9 Å². The Bertz CT molecular complexity index is 618. The van der Waals surface area contributed by atoms with E-state index in [2.05, 4.69) is 6.58 Å². The van der Waals surface area contributed by atoms with E-state index in [1.807, 2.05) is 45.9 Å². The van der Waals surface area contributed by atoms with E-state index >= 15 is 0 Å². The Morgan fingerprint density at radius 1 is 1.33 bits per heavy atom. The fourth-order valence-corrected chi connectivity index (χ4v) is 2.57. The number of rotatable bonds is 4. The molecule has 0 bridgehead atoms. The van der Waals surface area contributed by atoms with Crippen LogP contribution < -0.4 is 4.74 Å². The third-order valence-electron chi connectivity index (χ3n) is 3.83. The number of hydrogen-bond acceptors (Lipinski definition) is 4. The number of carbonyl (C=O) groups is 1. The quantitative estimate of drug-likeness (QED) is 0.782. The van der Waals surface area contributed by atoms with E-state index < -0.39 is 5.60 Å². The van der Waals surface area contributed by atoms with E-state index in [1.165, 1.54) is 0 Å². The van der Waals surface area contributed by atoms with Gasteiger partial charge in [0, 0.05) is 18.5 Å². The normalized spacial score (nSPS) is 17.5. The minimum atomic E-state index is -0.480. The molecular formula is C19H27NO4. The maximum atomic E-state index is 12.1. The van der Waals surface area contributed by atoms with Gasteiger partial charge >= 0.3 is 6.09 Å². The molecule has 132 valence electrons. The van der Waals surface area contributed by atoms with Crippen LogP contribution in [0.25, 0.3) is 5.76 Å². The van der Waals surface area contributed by atoms with Crippen LogP contribution in [-0.2, 0) is 9.47 Å². The minimum absolute atomic E-state index is 0.0207. The first kappa shape index (κ1) is 18.2. The fraction of sp³-hybridized carbons (Fsp3) is 0.526. The Hall–Kier alpha value is -2.17. The summed E-state index contributed by atoms with van der Waals surface area (Å²) in [6.45, 7) is 12.6. The molecule has 0 radical (unpaired) electrons. The molecule has 1 saturated heterocycles. The van der Waals surface area contributed by atoms with E-state index in [4.69, 9.17) is 14.2 Å². The van der Waals surface area contributed by atoms with Gasteiger partial charge in [0.2, 0.25) is 0 Å². The van der Waals surface area contributed by atoms with Crippen LogP contribution >= 0.6 is 0 Å². The molecule has 0 aromatic heterocycles. The average molecular weight is 333 g/mol. The van der Waals surface area contributed by atoms with Gasteiger partial charge in [0.25, 0.3) is 0 Å². The molecule has 0 saturated carbocycles. The molecule has 5 heteroatoms. The summed E-state index contributed by atoms with van der Waals surface area (Å²) >= 11 is 0. The van der Waals surface area contributed by atoms with Gasteiger partial charge in [-0.3, -0.25) is 0 Å². The number of amides is 1. The van der Waals surface area contributed by atoms with Gasteiger partial charge < -0.3 is 19.1 Å². The highest BCUT2D eigenvalue weighted by molar-refractivity contribution is 5.68. The summed E-state index contributed by atoms with van der Waals surface area (Å²) in [5, 5.41) is 0. The molecule has 1 fully saturated rings. The molecule has 1 unspecified atom stereocenters. The minimum Gasteiger partial charge on any atom is -0.497 e. The Kier molecular flexibility index (Phi) is 5.42. The average Bonchev–Trinajstić information content (AvgIpc) is 2.95. The molecule has 1 aliphatic rings. The maximum absolute atomic E-state index is 12.1. The largest absolute Gasteiger partial charge is 0.497 e. The summed E-state index contributed by atoms with van der Waals surface area (Å²) in [5.41, 5.74) is 1.47. The highest BCUT2D eigenvalue weighted by Crippen LogP contribution is 2.26. The molecule has 0 N–H and O–H groups in total. The van der Waals surface area contributed by atoms with Crippen molar-refractivity contribution in [3.8, 4) is 5.75 Å². The number of benzene rings is 1. The van der Waals surface area contributed by atoms with Gasteiger partial charge in [0.1, 0.15) is 23.2 Å². The maximum Gasteiger partial charge on any atom is 0.410 e. The molecule has 1 aromatic rings. The third kappa shape index (κ3) is 4.66. The SMILES string of the molecule is C=C(OC)c1ccc(OC2CCN(C(=O)OC(C)(C)C)C2)c(C)c1. The van der Waals surface area contributed by atoms with Crippen LogP contribution in [0.1, 0.15) is 38.3 Å². The summed E-state index contributed by atoms with van der Waals surface area (Å²) in [5.74, 6) is 1.44. The van der Waals surface area contributed by atoms with Crippen molar-refractivity contribution < 1.29 is 19.0 Å². The first-order valence-corrected chi connectivity index (χ1v) is 8.18. The van der Waals surface area contributed by atoms with Crippen LogP contribution in [-0.4, -0.2) is 42.9 Å². The van der Waals surface area contributed by atoms with Gasteiger partial charge in [-0.05, 0) is 51.5 Å². The second-order valence-corrected chi connectivity index (χ2v) is 7.06. The lowest BCUT2D eigenvalue weighted by Gasteiger charge is -2.24. The van der Waals surface area contributed by atoms with E-state index in [0.717, 1.165) is 23.3 Å². The number of hydrogen-bond donors (Lipinski definition) is 0.